The molecule has 1 saturated heterocycles. The fraction of sp³-hybridized carbons (Fsp3) is 0.588. The van der Waals surface area contributed by atoms with Gasteiger partial charge in [0, 0.05) is 18.7 Å². The number of nitrogens with zero attached hydrogens (tertiary/aromatic N) is 4. The lowest BCUT2D eigenvalue weighted by atomic mass is 9.93. The molecule has 0 N–H and O–H groups in total. The molecule has 2 aromatic heterocycles. The molecule has 0 amide bonds. The van der Waals surface area contributed by atoms with Crippen molar-refractivity contribution in [2.24, 2.45) is 5.92 Å². The van der Waals surface area contributed by atoms with Gasteiger partial charge in [-0.1, -0.05) is 0 Å². The van der Waals surface area contributed by atoms with E-state index in [1.807, 2.05) is 0 Å². The Hall–Kier alpha value is -1.95. The highest BCUT2D eigenvalue weighted by Crippen LogP contribution is 2.22. The van der Waals surface area contributed by atoms with Crippen LogP contribution >= 0.6 is 0 Å². The van der Waals surface area contributed by atoms with Gasteiger partial charge in [-0.25, -0.2) is 14.3 Å². The average molecular weight is 316 g/mol. The number of fused-ring (bicyclic) bond motifs is 1. The number of esters is 1. The number of carbonyl (C=O) groups is 1. The SMILES string of the molecule is COC(=O)c1ccn2nc(CC3CCN(C(C)C)CC3)nc2c1. The van der Waals surface area contributed by atoms with E-state index in [0.29, 0.717) is 23.2 Å². The molecule has 1 aliphatic heterocycles. The van der Waals surface area contributed by atoms with Crippen LogP contribution in [0.5, 0.6) is 0 Å². The summed E-state index contributed by atoms with van der Waals surface area (Å²) >= 11 is 0. The van der Waals surface area contributed by atoms with E-state index >= 15 is 0 Å². The first-order valence-electron chi connectivity index (χ1n) is 8.24. The van der Waals surface area contributed by atoms with Gasteiger partial charge in [-0.05, 0) is 57.8 Å². The Morgan fingerprint density at radius 3 is 2.78 bits per heavy atom. The predicted molar refractivity (Wildman–Crippen MR) is 87.5 cm³/mol. The second-order valence-corrected chi connectivity index (χ2v) is 6.52. The number of ether oxygens (including phenoxy) is 1. The highest BCUT2D eigenvalue weighted by atomic mass is 16.5. The number of pyridine rings is 1. The summed E-state index contributed by atoms with van der Waals surface area (Å²) in [7, 11) is 1.38. The molecule has 6 nitrogen and oxygen atoms in total. The van der Waals surface area contributed by atoms with Crippen LogP contribution in [0.3, 0.4) is 0 Å². The zero-order chi connectivity index (χ0) is 16.4. The van der Waals surface area contributed by atoms with Gasteiger partial charge in [-0.3, -0.25) is 0 Å². The van der Waals surface area contributed by atoms with Crippen LogP contribution in [0.1, 0.15) is 42.9 Å². The molecule has 0 radical (unpaired) electrons. The average Bonchev–Trinajstić information content (AvgIpc) is 2.95. The van der Waals surface area contributed by atoms with Crippen molar-refractivity contribution >= 4 is 11.6 Å². The number of piperidine rings is 1. The smallest absolute Gasteiger partial charge is 0.338 e. The zero-order valence-corrected chi connectivity index (χ0v) is 14.0. The van der Waals surface area contributed by atoms with Crippen molar-refractivity contribution < 1.29 is 9.53 Å². The first-order chi connectivity index (χ1) is 11.1. The maximum atomic E-state index is 11.6. The molecule has 6 heteroatoms. The zero-order valence-electron chi connectivity index (χ0n) is 14.0. The minimum atomic E-state index is -0.349. The van der Waals surface area contributed by atoms with Gasteiger partial charge in [0.2, 0.25) is 0 Å². The Labute approximate surface area is 136 Å². The molecule has 0 atom stereocenters. The molecular formula is C17H24N4O2. The maximum Gasteiger partial charge on any atom is 0.338 e. The molecule has 0 bridgehead atoms. The molecule has 124 valence electrons. The van der Waals surface area contributed by atoms with E-state index in [2.05, 4.69) is 28.8 Å². The quantitative estimate of drug-likeness (QED) is 0.809. The lowest BCUT2D eigenvalue weighted by Gasteiger charge is -2.34. The molecule has 1 fully saturated rings. The molecular weight excluding hydrogens is 292 g/mol. The van der Waals surface area contributed by atoms with Crippen LogP contribution in [0, 0.1) is 5.92 Å². The highest BCUT2D eigenvalue weighted by molar-refractivity contribution is 5.90. The second kappa shape index (κ2) is 6.66. The van der Waals surface area contributed by atoms with Crippen molar-refractivity contribution in [3.05, 3.63) is 29.7 Å². The Morgan fingerprint density at radius 2 is 2.13 bits per heavy atom. The first-order valence-corrected chi connectivity index (χ1v) is 8.24. The number of carbonyl (C=O) groups excluding carboxylic acids is 1. The van der Waals surface area contributed by atoms with Crippen LogP contribution < -0.4 is 0 Å². The Balaban J connectivity index is 1.68. The summed E-state index contributed by atoms with van der Waals surface area (Å²) in [6.07, 6.45) is 5.06. The van der Waals surface area contributed by atoms with Crippen LogP contribution in [-0.4, -0.2) is 51.7 Å². The number of rotatable bonds is 4. The highest BCUT2D eigenvalue weighted by Gasteiger charge is 2.22. The monoisotopic (exact) mass is 316 g/mol. The van der Waals surface area contributed by atoms with Crippen LogP contribution in [0.4, 0.5) is 0 Å². The third-order valence-electron chi connectivity index (χ3n) is 4.65. The van der Waals surface area contributed by atoms with Crippen molar-refractivity contribution in [2.45, 2.75) is 39.2 Å². The maximum absolute atomic E-state index is 11.6. The van der Waals surface area contributed by atoms with Gasteiger partial charge in [0.15, 0.2) is 11.5 Å². The van der Waals surface area contributed by atoms with E-state index in [1.165, 1.54) is 20.0 Å². The summed E-state index contributed by atoms with van der Waals surface area (Å²) in [5.74, 6) is 1.15. The third-order valence-corrected chi connectivity index (χ3v) is 4.65. The van der Waals surface area contributed by atoms with Crippen molar-refractivity contribution in [3.63, 3.8) is 0 Å². The number of methoxy groups -OCH3 is 1. The Kier molecular flexibility index (Phi) is 4.61. The predicted octanol–water partition coefficient (Wildman–Crippen LogP) is 2.18. The fourth-order valence-electron chi connectivity index (χ4n) is 3.19. The molecule has 23 heavy (non-hydrogen) atoms. The minimum Gasteiger partial charge on any atom is -0.465 e. The summed E-state index contributed by atoms with van der Waals surface area (Å²) < 4.78 is 6.47. The van der Waals surface area contributed by atoms with E-state index in [0.717, 1.165) is 25.3 Å². The summed E-state index contributed by atoms with van der Waals surface area (Å²) in [5.41, 5.74) is 1.20. The number of aromatic nitrogens is 3. The standard InChI is InChI=1S/C17H24N4O2/c1-12(2)20-7-4-13(5-8-20)10-15-18-16-11-14(17(22)23-3)6-9-21(16)19-15/h6,9,11-13H,4-5,7-8,10H2,1-3H3. The van der Waals surface area contributed by atoms with Gasteiger partial charge in [-0.2, -0.15) is 5.10 Å². The molecule has 3 heterocycles. The molecule has 0 unspecified atom stereocenters. The van der Waals surface area contributed by atoms with E-state index in [-0.39, 0.29) is 5.97 Å². The van der Waals surface area contributed by atoms with E-state index < -0.39 is 0 Å². The topological polar surface area (TPSA) is 59.7 Å². The summed E-state index contributed by atoms with van der Waals surface area (Å²) in [5, 5.41) is 4.53. The van der Waals surface area contributed by atoms with Crippen LogP contribution in [-0.2, 0) is 11.2 Å². The van der Waals surface area contributed by atoms with E-state index in [1.54, 1.807) is 22.8 Å². The van der Waals surface area contributed by atoms with Crippen LogP contribution in [0.25, 0.3) is 5.65 Å². The first kappa shape index (κ1) is 15.9. The molecule has 0 spiro atoms. The normalized spacial score (nSPS) is 17.0. The van der Waals surface area contributed by atoms with E-state index in [4.69, 9.17) is 4.74 Å². The number of hydrogen-bond donors (Lipinski definition) is 0. The van der Waals surface area contributed by atoms with Gasteiger partial charge in [-0.15, -0.1) is 0 Å². The Morgan fingerprint density at radius 1 is 1.39 bits per heavy atom. The molecule has 1 aliphatic rings. The summed E-state index contributed by atoms with van der Waals surface area (Å²) in [6.45, 7) is 6.82. The van der Waals surface area contributed by atoms with Gasteiger partial charge >= 0.3 is 5.97 Å². The molecule has 0 aromatic carbocycles. The van der Waals surface area contributed by atoms with Gasteiger partial charge in [0.1, 0.15) is 0 Å². The van der Waals surface area contributed by atoms with Gasteiger partial charge in [0.25, 0.3) is 0 Å². The summed E-state index contributed by atoms with van der Waals surface area (Å²) in [4.78, 5) is 18.7. The van der Waals surface area contributed by atoms with Crippen molar-refractivity contribution in [2.75, 3.05) is 20.2 Å². The second-order valence-electron chi connectivity index (χ2n) is 6.52. The van der Waals surface area contributed by atoms with Crippen molar-refractivity contribution in [1.29, 1.82) is 0 Å². The molecule has 2 aromatic rings. The van der Waals surface area contributed by atoms with Gasteiger partial charge in [0.05, 0.1) is 12.7 Å². The number of likely N-dealkylation sites (tertiary alicyclic amines) is 1. The van der Waals surface area contributed by atoms with Crippen molar-refractivity contribution in [3.8, 4) is 0 Å². The largest absolute Gasteiger partial charge is 0.465 e. The fourth-order valence-corrected chi connectivity index (χ4v) is 3.19. The third kappa shape index (κ3) is 3.52. The summed E-state index contributed by atoms with van der Waals surface area (Å²) in [6, 6.07) is 4.06. The minimum absolute atomic E-state index is 0.349. The molecule has 0 aliphatic carbocycles. The van der Waals surface area contributed by atoms with Crippen LogP contribution in [0.15, 0.2) is 18.3 Å². The van der Waals surface area contributed by atoms with Crippen LogP contribution in [0.2, 0.25) is 0 Å². The Bertz CT molecular complexity index is 687. The lowest BCUT2D eigenvalue weighted by molar-refractivity contribution is 0.0600. The molecule has 3 rings (SSSR count). The van der Waals surface area contributed by atoms with Gasteiger partial charge < -0.3 is 9.64 Å². The molecule has 0 saturated carbocycles. The number of hydrogen-bond acceptors (Lipinski definition) is 5. The lowest BCUT2D eigenvalue weighted by Crippen LogP contribution is -2.38. The van der Waals surface area contributed by atoms with Crippen molar-refractivity contribution in [1.82, 2.24) is 19.5 Å². The van der Waals surface area contributed by atoms with E-state index in [9.17, 15) is 4.79 Å².